The number of para-hydroxylation sites is 1. The minimum absolute atomic E-state index is 0.0429. The average molecular weight is 441 g/mol. The zero-order valence-corrected chi connectivity index (χ0v) is 18.5. The van der Waals surface area contributed by atoms with Gasteiger partial charge in [0.15, 0.2) is 4.34 Å². The molecule has 8 heteroatoms. The summed E-state index contributed by atoms with van der Waals surface area (Å²) in [5, 5.41) is 2.95. The molecular weight excluding hydrogens is 416 g/mol. The van der Waals surface area contributed by atoms with Crippen LogP contribution in [0.5, 0.6) is 0 Å². The molecule has 1 N–H and O–H groups in total. The van der Waals surface area contributed by atoms with Gasteiger partial charge in [-0.2, -0.15) is 0 Å². The van der Waals surface area contributed by atoms with Gasteiger partial charge in [-0.15, -0.1) is 11.3 Å². The lowest BCUT2D eigenvalue weighted by Crippen LogP contribution is -2.48. The fourth-order valence-electron chi connectivity index (χ4n) is 3.43. The van der Waals surface area contributed by atoms with Gasteiger partial charge in [0.25, 0.3) is 0 Å². The summed E-state index contributed by atoms with van der Waals surface area (Å²) in [6.45, 7) is 5.08. The lowest BCUT2D eigenvalue weighted by molar-refractivity contribution is -0.131. The van der Waals surface area contributed by atoms with Gasteiger partial charge < -0.3 is 15.1 Å². The summed E-state index contributed by atoms with van der Waals surface area (Å²) >= 11 is 3.07. The second-order valence-corrected chi connectivity index (χ2v) is 9.31. The Labute approximate surface area is 184 Å². The van der Waals surface area contributed by atoms with Gasteiger partial charge in [0, 0.05) is 44.0 Å². The van der Waals surface area contributed by atoms with Crippen LogP contribution in [0.15, 0.2) is 52.9 Å². The van der Waals surface area contributed by atoms with E-state index in [9.17, 15) is 9.59 Å². The van der Waals surface area contributed by atoms with E-state index in [4.69, 9.17) is 0 Å². The zero-order chi connectivity index (χ0) is 20.9. The Balaban J connectivity index is 1.27. The first-order valence-electron chi connectivity index (χ1n) is 10.0. The number of aromatic nitrogens is 1. The highest BCUT2D eigenvalue weighted by atomic mass is 32.2. The molecule has 0 aliphatic carbocycles. The van der Waals surface area contributed by atoms with E-state index in [0.29, 0.717) is 12.2 Å². The van der Waals surface area contributed by atoms with Gasteiger partial charge in [0.05, 0.1) is 16.0 Å². The van der Waals surface area contributed by atoms with E-state index in [2.05, 4.69) is 15.2 Å². The molecule has 0 unspecified atom stereocenters. The number of thioether (sulfide) groups is 1. The predicted molar refractivity (Wildman–Crippen MR) is 124 cm³/mol. The standard InChI is InChI=1S/C22H24N4O2S2/c1-2-21(28)26-13-11-25(12-14-26)17-9-7-16(8-10-17)23-20(27)15-29-22-24-18-5-3-4-6-19(18)30-22/h3-10H,2,11-15H2,1H3,(H,23,27). The first-order valence-corrected chi connectivity index (χ1v) is 11.8. The number of nitrogens with one attached hydrogen (secondary N) is 1. The lowest BCUT2D eigenvalue weighted by atomic mass is 10.2. The number of benzene rings is 2. The van der Waals surface area contributed by atoms with Gasteiger partial charge >= 0.3 is 0 Å². The number of rotatable bonds is 6. The van der Waals surface area contributed by atoms with Crippen LogP contribution in [0.3, 0.4) is 0 Å². The van der Waals surface area contributed by atoms with Crippen LogP contribution in [0.25, 0.3) is 10.2 Å². The second kappa shape index (κ2) is 9.49. The quantitative estimate of drug-likeness (QED) is 0.585. The molecule has 0 radical (unpaired) electrons. The first kappa shape index (κ1) is 20.7. The maximum absolute atomic E-state index is 12.3. The van der Waals surface area contributed by atoms with Crippen molar-refractivity contribution in [3.63, 3.8) is 0 Å². The Kier molecular flexibility index (Phi) is 6.54. The fourth-order valence-corrected chi connectivity index (χ4v) is 5.30. The minimum atomic E-state index is -0.0429. The number of thiazole rings is 1. The SMILES string of the molecule is CCC(=O)N1CCN(c2ccc(NC(=O)CSc3nc4ccccc4s3)cc2)CC1. The van der Waals surface area contributed by atoms with E-state index in [1.165, 1.54) is 11.8 Å². The van der Waals surface area contributed by atoms with E-state index in [0.717, 1.165) is 52.1 Å². The van der Waals surface area contributed by atoms with E-state index in [-0.39, 0.29) is 11.8 Å². The van der Waals surface area contributed by atoms with Gasteiger partial charge in [-0.05, 0) is 36.4 Å². The average Bonchev–Trinajstić information content (AvgIpc) is 3.21. The van der Waals surface area contributed by atoms with Gasteiger partial charge in [-0.1, -0.05) is 30.8 Å². The highest BCUT2D eigenvalue weighted by Gasteiger charge is 2.20. The summed E-state index contributed by atoms with van der Waals surface area (Å²) in [6.07, 6.45) is 0.561. The Bertz CT molecular complexity index is 994. The zero-order valence-electron chi connectivity index (χ0n) is 16.8. The molecule has 1 aromatic heterocycles. The van der Waals surface area contributed by atoms with Crippen LogP contribution in [0.4, 0.5) is 11.4 Å². The van der Waals surface area contributed by atoms with Crippen LogP contribution in [0, 0.1) is 0 Å². The number of carbonyl (C=O) groups excluding carboxylic acids is 2. The van der Waals surface area contributed by atoms with Crippen molar-refractivity contribution in [2.24, 2.45) is 0 Å². The number of nitrogens with zero attached hydrogens (tertiary/aromatic N) is 3. The molecule has 2 aromatic carbocycles. The maximum Gasteiger partial charge on any atom is 0.234 e. The van der Waals surface area contributed by atoms with E-state index >= 15 is 0 Å². The van der Waals surface area contributed by atoms with Gasteiger partial charge in [-0.25, -0.2) is 4.98 Å². The van der Waals surface area contributed by atoms with Gasteiger partial charge in [0.1, 0.15) is 0 Å². The third-order valence-electron chi connectivity index (χ3n) is 5.05. The van der Waals surface area contributed by atoms with Gasteiger partial charge in [0.2, 0.25) is 11.8 Å². The molecule has 0 bridgehead atoms. The number of hydrogen-bond acceptors (Lipinski definition) is 6. The number of anilines is 2. The number of hydrogen-bond donors (Lipinski definition) is 1. The largest absolute Gasteiger partial charge is 0.368 e. The smallest absolute Gasteiger partial charge is 0.234 e. The van der Waals surface area contributed by atoms with Crippen molar-refractivity contribution in [3.05, 3.63) is 48.5 Å². The van der Waals surface area contributed by atoms with Crippen molar-refractivity contribution in [2.75, 3.05) is 42.1 Å². The Hall–Kier alpha value is -2.58. The van der Waals surface area contributed by atoms with Crippen molar-refractivity contribution in [1.29, 1.82) is 0 Å². The monoisotopic (exact) mass is 440 g/mol. The Morgan fingerprint density at radius 2 is 1.80 bits per heavy atom. The summed E-state index contributed by atoms with van der Waals surface area (Å²) in [7, 11) is 0. The predicted octanol–water partition coefficient (Wildman–Crippen LogP) is 4.09. The molecule has 0 atom stereocenters. The normalized spacial score (nSPS) is 14.2. The number of piperazine rings is 1. The lowest BCUT2D eigenvalue weighted by Gasteiger charge is -2.36. The molecule has 6 nitrogen and oxygen atoms in total. The van der Waals surface area contributed by atoms with Crippen LogP contribution in [0.2, 0.25) is 0 Å². The summed E-state index contributed by atoms with van der Waals surface area (Å²) in [4.78, 5) is 32.9. The maximum atomic E-state index is 12.3. The van der Waals surface area contributed by atoms with Crippen molar-refractivity contribution in [1.82, 2.24) is 9.88 Å². The van der Waals surface area contributed by atoms with Crippen molar-refractivity contribution < 1.29 is 9.59 Å². The molecule has 0 saturated carbocycles. The molecule has 1 saturated heterocycles. The molecule has 0 spiro atoms. The molecule has 4 rings (SSSR count). The molecule has 3 aromatic rings. The number of amides is 2. The highest BCUT2D eigenvalue weighted by molar-refractivity contribution is 8.01. The fraction of sp³-hybridized carbons (Fsp3) is 0.318. The topological polar surface area (TPSA) is 65.5 Å². The van der Waals surface area contributed by atoms with E-state index < -0.39 is 0 Å². The molecule has 156 valence electrons. The summed E-state index contributed by atoms with van der Waals surface area (Å²) in [5.41, 5.74) is 2.87. The van der Waals surface area contributed by atoms with Crippen LogP contribution < -0.4 is 10.2 Å². The Morgan fingerprint density at radius 1 is 1.07 bits per heavy atom. The first-order chi connectivity index (χ1) is 14.6. The summed E-state index contributed by atoms with van der Waals surface area (Å²) in [6, 6.07) is 15.9. The highest BCUT2D eigenvalue weighted by Crippen LogP contribution is 2.29. The number of fused-ring (bicyclic) bond motifs is 1. The van der Waals surface area contributed by atoms with E-state index in [1.807, 2.05) is 60.4 Å². The molecule has 1 aliphatic heterocycles. The van der Waals surface area contributed by atoms with E-state index in [1.54, 1.807) is 11.3 Å². The molecular formula is C22H24N4O2S2. The Morgan fingerprint density at radius 3 is 2.50 bits per heavy atom. The van der Waals surface area contributed by atoms with Crippen molar-refractivity contribution in [2.45, 2.75) is 17.7 Å². The summed E-state index contributed by atoms with van der Waals surface area (Å²) in [5.74, 6) is 0.504. The molecule has 1 aliphatic rings. The van der Waals surface area contributed by atoms with Crippen LogP contribution in [-0.4, -0.2) is 53.6 Å². The summed E-state index contributed by atoms with van der Waals surface area (Å²) < 4.78 is 2.04. The minimum Gasteiger partial charge on any atom is -0.368 e. The van der Waals surface area contributed by atoms with Crippen molar-refractivity contribution in [3.8, 4) is 0 Å². The van der Waals surface area contributed by atoms with Crippen molar-refractivity contribution >= 4 is 56.5 Å². The van der Waals surface area contributed by atoms with Crippen LogP contribution >= 0.6 is 23.1 Å². The molecule has 2 amide bonds. The van der Waals surface area contributed by atoms with Crippen LogP contribution in [0.1, 0.15) is 13.3 Å². The molecule has 2 heterocycles. The number of carbonyl (C=O) groups is 2. The van der Waals surface area contributed by atoms with Gasteiger partial charge in [-0.3, -0.25) is 9.59 Å². The molecule has 30 heavy (non-hydrogen) atoms. The van der Waals surface area contributed by atoms with Crippen LogP contribution in [-0.2, 0) is 9.59 Å². The second-order valence-electron chi connectivity index (χ2n) is 7.05. The molecule has 1 fully saturated rings. The third-order valence-corrected chi connectivity index (χ3v) is 7.23. The third kappa shape index (κ3) is 4.94.